The van der Waals surface area contributed by atoms with Crippen LogP contribution in [0.3, 0.4) is 0 Å². The van der Waals surface area contributed by atoms with Crippen molar-refractivity contribution in [2.75, 3.05) is 19.8 Å². The maximum Gasteiger partial charge on any atom is 0.326 e. The molecule has 3 N–H and O–H groups in total. The van der Waals surface area contributed by atoms with E-state index in [-0.39, 0.29) is 12.3 Å². The van der Waals surface area contributed by atoms with Crippen LogP contribution in [0.1, 0.15) is 23.4 Å². The lowest BCUT2D eigenvalue weighted by molar-refractivity contribution is 0.0663. The number of aliphatic hydroxyl groups excluding tert-OH is 1. The summed E-state index contributed by atoms with van der Waals surface area (Å²) >= 11 is 1.61. The van der Waals surface area contributed by atoms with E-state index in [2.05, 4.69) is 19.9 Å². The van der Waals surface area contributed by atoms with Crippen LogP contribution >= 0.6 is 11.3 Å². The summed E-state index contributed by atoms with van der Waals surface area (Å²) in [7, 11) is 0. The van der Waals surface area contributed by atoms with Crippen LogP contribution in [0.4, 0.5) is 0 Å². The number of fused-ring (bicyclic) bond motifs is 1. The minimum atomic E-state index is -0.295. The SMILES string of the molecule is O=c1[nH]c2nc(CC3CCOCC3)c(-c3ccc(CCO)s3)nc2[nH]1. The van der Waals surface area contributed by atoms with Crippen LogP contribution in [0.25, 0.3) is 21.9 Å². The average molecular weight is 360 g/mol. The summed E-state index contributed by atoms with van der Waals surface area (Å²) in [5.41, 5.74) is 2.42. The predicted octanol–water partition coefficient (Wildman–Crippen LogP) is 1.88. The van der Waals surface area contributed by atoms with Gasteiger partial charge in [-0.2, -0.15) is 0 Å². The van der Waals surface area contributed by atoms with Crippen molar-refractivity contribution < 1.29 is 9.84 Å². The molecule has 132 valence electrons. The summed E-state index contributed by atoms with van der Waals surface area (Å²) in [6.07, 6.45) is 3.49. The molecule has 0 spiro atoms. The molecule has 1 fully saturated rings. The van der Waals surface area contributed by atoms with E-state index in [1.54, 1.807) is 11.3 Å². The standard InChI is InChI=1S/C17H20N4O3S/c22-6-3-11-1-2-13(25-11)14-12(9-10-4-7-24-8-5-10)18-15-16(19-14)21-17(23)20-15/h1-2,10,22H,3-9H2,(H2,18,19,20,21,23). The van der Waals surface area contributed by atoms with E-state index in [1.165, 1.54) is 0 Å². The first-order valence-corrected chi connectivity index (χ1v) is 9.31. The Kier molecular flexibility index (Phi) is 4.65. The number of rotatable bonds is 5. The number of aromatic nitrogens is 4. The molecule has 3 aromatic heterocycles. The zero-order chi connectivity index (χ0) is 17.2. The molecule has 0 aromatic carbocycles. The third-order valence-corrected chi connectivity index (χ3v) is 5.66. The topological polar surface area (TPSA) is 104 Å². The van der Waals surface area contributed by atoms with Crippen LogP contribution in [-0.2, 0) is 17.6 Å². The second-order valence-corrected chi connectivity index (χ2v) is 7.46. The number of nitrogens with zero attached hydrogens (tertiary/aromatic N) is 2. The van der Waals surface area contributed by atoms with Gasteiger partial charge in [-0.3, -0.25) is 9.97 Å². The molecule has 8 heteroatoms. The van der Waals surface area contributed by atoms with Crippen LogP contribution in [0, 0.1) is 5.92 Å². The van der Waals surface area contributed by atoms with Crippen LogP contribution in [0.5, 0.6) is 0 Å². The van der Waals surface area contributed by atoms with E-state index < -0.39 is 0 Å². The molecular weight excluding hydrogens is 340 g/mol. The lowest BCUT2D eigenvalue weighted by atomic mass is 9.94. The number of hydrogen-bond acceptors (Lipinski definition) is 6. The number of aromatic amines is 2. The number of thiophene rings is 1. The molecule has 3 aromatic rings. The van der Waals surface area contributed by atoms with Crippen molar-refractivity contribution in [3.63, 3.8) is 0 Å². The Balaban J connectivity index is 1.75. The normalized spacial score (nSPS) is 15.9. The first-order chi connectivity index (χ1) is 12.2. The van der Waals surface area contributed by atoms with E-state index in [0.29, 0.717) is 23.6 Å². The molecule has 0 radical (unpaired) electrons. The fourth-order valence-corrected chi connectivity index (χ4v) is 4.21. The predicted molar refractivity (Wildman–Crippen MR) is 95.9 cm³/mol. The number of aliphatic hydroxyl groups is 1. The van der Waals surface area contributed by atoms with E-state index in [4.69, 9.17) is 9.84 Å². The summed E-state index contributed by atoms with van der Waals surface area (Å²) in [6, 6.07) is 4.03. The molecule has 7 nitrogen and oxygen atoms in total. The molecule has 1 aliphatic heterocycles. The Morgan fingerprint density at radius 1 is 1.20 bits per heavy atom. The molecule has 25 heavy (non-hydrogen) atoms. The van der Waals surface area contributed by atoms with Gasteiger partial charge in [-0.1, -0.05) is 0 Å². The van der Waals surface area contributed by atoms with Crippen molar-refractivity contribution in [3.8, 4) is 10.6 Å². The van der Waals surface area contributed by atoms with Gasteiger partial charge in [0.2, 0.25) is 0 Å². The van der Waals surface area contributed by atoms with E-state index in [9.17, 15) is 4.79 Å². The lowest BCUT2D eigenvalue weighted by Crippen LogP contribution is -2.18. The third-order valence-electron chi connectivity index (χ3n) is 4.51. The fourth-order valence-electron chi connectivity index (χ4n) is 3.20. The summed E-state index contributed by atoms with van der Waals surface area (Å²) in [4.78, 5) is 28.5. The smallest absolute Gasteiger partial charge is 0.326 e. The van der Waals surface area contributed by atoms with E-state index in [0.717, 1.165) is 53.6 Å². The number of H-pyrrole nitrogens is 2. The van der Waals surface area contributed by atoms with Crippen LogP contribution in [0.2, 0.25) is 0 Å². The van der Waals surface area contributed by atoms with E-state index >= 15 is 0 Å². The Hall–Kier alpha value is -2.03. The van der Waals surface area contributed by atoms with Crippen molar-refractivity contribution in [1.82, 2.24) is 19.9 Å². The second-order valence-electron chi connectivity index (χ2n) is 6.29. The van der Waals surface area contributed by atoms with Gasteiger partial charge in [-0.05, 0) is 37.3 Å². The first kappa shape index (κ1) is 16.4. The molecule has 0 aliphatic carbocycles. The Morgan fingerprint density at radius 3 is 2.72 bits per heavy atom. The van der Waals surface area contributed by atoms with Gasteiger partial charge in [0.25, 0.3) is 0 Å². The molecule has 4 rings (SSSR count). The van der Waals surface area contributed by atoms with Gasteiger partial charge in [0, 0.05) is 31.1 Å². The molecule has 1 aliphatic rings. The van der Waals surface area contributed by atoms with Crippen LogP contribution in [0.15, 0.2) is 16.9 Å². The quantitative estimate of drug-likeness (QED) is 0.644. The third kappa shape index (κ3) is 3.51. The average Bonchev–Trinajstić information content (AvgIpc) is 3.21. The Labute approximate surface area is 148 Å². The maximum absolute atomic E-state index is 11.6. The molecule has 4 heterocycles. The van der Waals surface area contributed by atoms with Crippen molar-refractivity contribution >= 4 is 22.6 Å². The van der Waals surface area contributed by atoms with Gasteiger partial charge in [-0.25, -0.2) is 14.8 Å². The summed E-state index contributed by atoms with van der Waals surface area (Å²) < 4.78 is 5.45. The summed E-state index contributed by atoms with van der Waals surface area (Å²) in [5, 5.41) is 9.14. The minimum Gasteiger partial charge on any atom is -0.396 e. The van der Waals surface area contributed by atoms with Crippen molar-refractivity contribution in [3.05, 3.63) is 33.2 Å². The zero-order valence-corrected chi connectivity index (χ0v) is 14.6. The maximum atomic E-state index is 11.6. The minimum absolute atomic E-state index is 0.130. The second kappa shape index (κ2) is 7.07. The largest absolute Gasteiger partial charge is 0.396 e. The summed E-state index contributed by atoms with van der Waals surface area (Å²) in [6.45, 7) is 1.71. The van der Waals surface area contributed by atoms with Gasteiger partial charge in [0.05, 0.1) is 10.6 Å². The highest BCUT2D eigenvalue weighted by Gasteiger charge is 2.20. The molecule has 0 bridgehead atoms. The lowest BCUT2D eigenvalue weighted by Gasteiger charge is -2.22. The highest BCUT2D eigenvalue weighted by atomic mass is 32.1. The van der Waals surface area contributed by atoms with Crippen LogP contribution in [-0.4, -0.2) is 44.9 Å². The highest BCUT2D eigenvalue weighted by molar-refractivity contribution is 7.15. The number of nitrogens with one attached hydrogen (secondary N) is 2. The summed E-state index contributed by atoms with van der Waals surface area (Å²) in [5.74, 6) is 0.516. The van der Waals surface area contributed by atoms with Gasteiger partial charge in [0.15, 0.2) is 11.3 Å². The van der Waals surface area contributed by atoms with Crippen molar-refractivity contribution in [2.24, 2.45) is 5.92 Å². The van der Waals surface area contributed by atoms with Gasteiger partial charge < -0.3 is 9.84 Å². The monoisotopic (exact) mass is 360 g/mol. The fraction of sp³-hybridized carbons (Fsp3) is 0.471. The van der Waals surface area contributed by atoms with Crippen LogP contribution < -0.4 is 5.69 Å². The van der Waals surface area contributed by atoms with Gasteiger partial charge >= 0.3 is 5.69 Å². The van der Waals surface area contributed by atoms with Crippen molar-refractivity contribution in [2.45, 2.75) is 25.7 Å². The Morgan fingerprint density at radius 2 is 1.96 bits per heavy atom. The molecule has 0 saturated carbocycles. The first-order valence-electron chi connectivity index (χ1n) is 8.49. The highest BCUT2D eigenvalue weighted by Crippen LogP contribution is 2.32. The van der Waals surface area contributed by atoms with Crippen molar-refractivity contribution in [1.29, 1.82) is 0 Å². The van der Waals surface area contributed by atoms with E-state index in [1.807, 2.05) is 12.1 Å². The molecule has 0 atom stereocenters. The number of hydrogen-bond donors (Lipinski definition) is 3. The zero-order valence-electron chi connectivity index (χ0n) is 13.7. The molecule has 1 saturated heterocycles. The van der Waals surface area contributed by atoms with Gasteiger partial charge in [-0.15, -0.1) is 11.3 Å². The number of imidazole rings is 1. The van der Waals surface area contributed by atoms with Gasteiger partial charge in [0.1, 0.15) is 5.69 Å². The molecular formula is C17H20N4O3S. The Bertz CT molecular complexity index is 924. The molecule has 0 unspecified atom stereocenters. The molecule has 0 amide bonds. The number of ether oxygens (including phenoxy) is 1.